The van der Waals surface area contributed by atoms with Crippen LogP contribution in [0, 0.1) is 31.5 Å². The quantitative estimate of drug-likeness (QED) is 0.635. The molecule has 32 heavy (non-hydrogen) atoms. The molecule has 1 fully saturated rings. The molecule has 3 rings (SSSR count). The van der Waals surface area contributed by atoms with Crippen molar-refractivity contribution in [2.45, 2.75) is 58.8 Å². The third kappa shape index (κ3) is 5.38. The van der Waals surface area contributed by atoms with Gasteiger partial charge in [0, 0.05) is 18.7 Å². The molecule has 5 nitrogen and oxygen atoms in total. The highest BCUT2D eigenvalue weighted by atomic mass is 32.2. The van der Waals surface area contributed by atoms with Gasteiger partial charge >= 0.3 is 0 Å². The molecule has 174 valence electrons. The summed E-state index contributed by atoms with van der Waals surface area (Å²) in [5.41, 5.74) is 2.47. The van der Waals surface area contributed by atoms with E-state index in [-0.39, 0.29) is 16.1 Å². The molecule has 2 aromatic carbocycles. The Balaban J connectivity index is 1.88. The van der Waals surface area contributed by atoms with Crippen LogP contribution in [0.1, 0.15) is 60.7 Å². The SMILES string of the molecule is Cc1cc(C(=O)Nc2ccc(CC(C)C)cc2F)cc(S(=O)(=O)N2CCC(C)CC2)c1C. The Morgan fingerprint density at radius 2 is 1.81 bits per heavy atom. The largest absolute Gasteiger partial charge is 0.319 e. The molecule has 1 aliphatic rings. The number of carbonyl (C=O) groups is 1. The van der Waals surface area contributed by atoms with E-state index in [2.05, 4.69) is 26.1 Å². The second kappa shape index (κ2) is 9.71. The second-order valence-corrected chi connectivity index (χ2v) is 11.3. The monoisotopic (exact) mass is 460 g/mol. The van der Waals surface area contributed by atoms with Gasteiger partial charge in [0.2, 0.25) is 10.0 Å². The Kier molecular flexibility index (Phi) is 7.40. The predicted octanol–water partition coefficient (Wildman–Crippen LogP) is 5.31. The number of nitrogens with zero attached hydrogens (tertiary/aromatic N) is 1. The number of amides is 1. The van der Waals surface area contributed by atoms with Crippen LogP contribution in [-0.4, -0.2) is 31.7 Å². The second-order valence-electron chi connectivity index (χ2n) is 9.37. The van der Waals surface area contributed by atoms with Gasteiger partial charge in [0.05, 0.1) is 10.6 Å². The summed E-state index contributed by atoms with van der Waals surface area (Å²) < 4.78 is 42.7. The van der Waals surface area contributed by atoms with Crippen LogP contribution in [-0.2, 0) is 16.4 Å². The van der Waals surface area contributed by atoms with Crippen molar-refractivity contribution < 1.29 is 17.6 Å². The number of halogens is 1. The Morgan fingerprint density at radius 3 is 2.41 bits per heavy atom. The highest BCUT2D eigenvalue weighted by molar-refractivity contribution is 7.89. The molecule has 1 saturated heterocycles. The van der Waals surface area contributed by atoms with Crippen LogP contribution in [0.2, 0.25) is 0 Å². The normalized spacial score (nSPS) is 15.8. The average Bonchev–Trinajstić information content (AvgIpc) is 2.71. The number of hydrogen-bond donors (Lipinski definition) is 1. The van der Waals surface area contributed by atoms with E-state index < -0.39 is 21.7 Å². The Hall–Kier alpha value is -2.25. The lowest BCUT2D eigenvalue weighted by atomic mass is 10.0. The first-order valence-electron chi connectivity index (χ1n) is 11.2. The first-order chi connectivity index (χ1) is 15.0. The zero-order valence-corrected chi connectivity index (χ0v) is 20.4. The molecule has 2 aromatic rings. The van der Waals surface area contributed by atoms with Crippen LogP contribution >= 0.6 is 0 Å². The molecule has 1 heterocycles. The third-order valence-corrected chi connectivity index (χ3v) is 8.19. The molecule has 1 amide bonds. The predicted molar refractivity (Wildman–Crippen MR) is 126 cm³/mol. The summed E-state index contributed by atoms with van der Waals surface area (Å²) in [5.74, 6) is -0.139. The zero-order valence-electron chi connectivity index (χ0n) is 19.5. The van der Waals surface area contributed by atoms with E-state index in [1.807, 2.05) is 0 Å². The van der Waals surface area contributed by atoms with Gasteiger partial charge in [-0.05, 0) is 85.9 Å². The van der Waals surface area contributed by atoms with Crippen LogP contribution in [0.3, 0.4) is 0 Å². The van der Waals surface area contributed by atoms with Crippen molar-refractivity contribution in [1.82, 2.24) is 4.31 Å². The summed E-state index contributed by atoms with van der Waals surface area (Å²) in [5, 5.41) is 2.60. The molecule has 0 radical (unpaired) electrons. The minimum absolute atomic E-state index is 0.0789. The summed E-state index contributed by atoms with van der Waals surface area (Å²) in [6.45, 7) is 10.7. The van der Waals surface area contributed by atoms with Crippen molar-refractivity contribution in [3.05, 3.63) is 58.4 Å². The van der Waals surface area contributed by atoms with Gasteiger partial charge in [-0.25, -0.2) is 12.8 Å². The first kappa shape index (κ1) is 24.4. The highest BCUT2D eigenvalue weighted by Gasteiger charge is 2.30. The Morgan fingerprint density at radius 1 is 1.16 bits per heavy atom. The van der Waals surface area contributed by atoms with E-state index in [0.717, 1.165) is 24.8 Å². The van der Waals surface area contributed by atoms with Crippen molar-refractivity contribution in [2.24, 2.45) is 11.8 Å². The minimum atomic E-state index is -3.71. The molecule has 7 heteroatoms. The number of piperidine rings is 1. The molecular weight excluding hydrogens is 427 g/mol. The van der Waals surface area contributed by atoms with Gasteiger partial charge in [0.15, 0.2) is 0 Å². The first-order valence-corrected chi connectivity index (χ1v) is 12.6. The number of benzene rings is 2. The number of rotatable bonds is 6. The maximum atomic E-state index is 14.5. The van der Waals surface area contributed by atoms with Gasteiger partial charge in [-0.3, -0.25) is 4.79 Å². The van der Waals surface area contributed by atoms with Crippen LogP contribution in [0.5, 0.6) is 0 Å². The van der Waals surface area contributed by atoms with Crippen LogP contribution < -0.4 is 5.32 Å². The van der Waals surface area contributed by atoms with Crippen molar-refractivity contribution >= 4 is 21.6 Å². The molecule has 0 bridgehead atoms. The number of sulfonamides is 1. The van der Waals surface area contributed by atoms with Gasteiger partial charge in [0.1, 0.15) is 5.82 Å². The topological polar surface area (TPSA) is 66.5 Å². The lowest BCUT2D eigenvalue weighted by Crippen LogP contribution is -2.38. The molecule has 0 saturated carbocycles. The fourth-order valence-electron chi connectivity index (χ4n) is 4.04. The molecule has 0 atom stereocenters. The number of hydrogen-bond acceptors (Lipinski definition) is 3. The van der Waals surface area contributed by atoms with Crippen molar-refractivity contribution in [1.29, 1.82) is 0 Å². The molecule has 1 N–H and O–H groups in total. The third-order valence-electron chi connectivity index (χ3n) is 6.17. The summed E-state index contributed by atoms with van der Waals surface area (Å²) in [7, 11) is -3.71. The Bertz CT molecular complexity index is 1100. The van der Waals surface area contributed by atoms with Crippen LogP contribution in [0.25, 0.3) is 0 Å². The molecule has 0 unspecified atom stereocenters. The van der Waals surface area contributed by atoms with Gasteiger partial charge < -0.3 is 5.32 Å². The summed E-state index contributed by atoms with van der Waals surface area (Å²) in [6, 6.07) is 7.84. The molecule has 0 aromatic heterocycles. The highest BCUT2D eigenvalue weighted by Crippen LogP contribution is 2.28. The molecule has 1 aliphatic heterocycles. The summed E-state index contributed by atoms with van der Waals surface area (Å²) in [4.78, 5) is 13.0. The van der Waals surface area contributed by atoms with Crippen molar-refractivity contribution in [3.63, 3.8) is 0 Å². The summed E-state index contributed by atoms with van der Waals surface area (Å²) in [6.07, 6.45) is 2.39. The maximum Gasteiger partial charge on any atom is 0.255 e. The number of nitrogens with one attached hydrogen (secondary N) is 1. The van der Waals surface area contributed by atoms with Crippen LogP contribution in [0.4, 0.5) is 10.1 Å². The lowest BCUT2D eigenvalue weighted by molar-refractivity contribution is 0.102. The smallest absolute Gasteiger partial charge is 0.255 e. The van der Waals surface area contributed by atoms with Gasteiger partial charge in [-0.2, -0.15) is 4.31 Å². The summed E-state index contributed by atoms with van der Waals surface area (Å²) >= 11 is 0. The van der Waals surface area contributed by atoms with E-state index in [0.29, 0.717) is 36.1 Å². The van der Waals surface area contributed by atoms with E-state index in [9.17, 15) is 17.6 Å². The molecule has 0 spiro atoms. The molecule has 0 aliphatic carbocycles. The number of anilines is 1. The van der Waals surface area contributed by atoms with E-state index in [1.165, 1.54) is 16.4 Å². The van der Waals surface area contributed by atoms with Gasteiger partial charge in [0.25, 0.3) is 5.91 Å². The number of carbonyl (C=O) groups excluding carboxylic acids is 1. The fourth-order valence-corrected chi connectivity index (χ4v) is 5.84. The Labute approximate surface area is 191 Å². The molecular formula is C25H33FN2O3S. The fraction of sp³-hybridized carbons (Fsp3) is 0.480. The van der Waals surface area contributed by atoms with E-state index in [4.69, 9.17) is 0 Å². The van der Waals surface area contributed by atoms with Crippen LogP contribution in [0.15, 0.2) is 35.2 Å². The van der Waals surface area contributed by atoms with Gasteiger partial charge in [-0.15, -0.1) is 0 Å². The van der Waals surface area contributed by atoms with Gasteiger partial charge in [-0.1, -0.05) is 26.8 Å². The van der Waals surface area contributed by atoms with Crippen molar-refractivity contribution in [3.8, 4) is 0 Å². The number of aryl methyl sites for hydroxylation is 1. The standard InChI is InChI=1S/C25H33FN2O3S/c1-16(2)12-20-6-7-23(22(26)14-20)27-25(29)21-13-18(4)19(5)24(15-21)32(30,31)28-10-8-17(3)9-11-28/h6-7,13-17H,8-12H2,1-5H3,(H,27,29). The maximum absolute atomic E-state index is 14.5. The van der Waals surface area contributed by atoms with E-state index in [1.54, 1.807) is 32.0 Å². The minimum Gasteiger partial charge on any atom is -0.319 e. The zero-order chi connectivity index (χ0) is 23.6. The average molecular weight is 461 g/mol. The van der Waals surface area contributed by atoms with Crippen molar-refractivity contribution in [2.75, 3.05) is 18.4 Å². The lowest BCUT2D eigenvalue weighted by Gasteiger charge is -2.30. The van der Waals surface area contributed by atoms with E-state index >= 15 is 0 Å².